The summed E-state index contributed by atoms with van der Waals surface area (Å²) in [7, 11) is 0. The molecule has 0 aromatic carbocycles. The van der Waals surface area contributed by atoms with Crippen molar-refractivity contribution in [3.05, 3.63) is 47.6 Å². The lowest BCUT2D eigenvalue weighted by Gasteiger charge is -1.98. The van der Waals surface area contributed by atoms with Crippen LogP contribution >= 0.6 is 0 Å². The molecule has 0 radical (unpaired) electrons. The number of esters is 1. The Labute approximate surface area is 132 Å². The Morgan fingerprint density at radius 2 is 2.22 bits per heavy atom. The number of aromatic nitrogens is 4. The summed E-state index contributed by atoms with van der Waals surface area (Å²) in [5.74, 6) is 0.323. The SMILES string of the molecule is CCOC(=O)c1nnc(Cc2cn3cc(C4CC4)ccc3n2)o1. The van der Waals surface area contributed by atoms with E-state index < -0.39 is 5.97 Å². The van der Waals surface area contributed by atoms with Crippen molar-refractivity contribution in [2.75, 3.05) is 6.61 Å². The Hall–Kier alpha value is -2.70. The van der Waals surface area contributed by atoms with Crippen molar-refractivity contribution in [2.45, 2.75) is 32.1 Å². The molecule has 3 aromatic heterocycles. The highest BCUT2D eigenvalue weighted by atomic mass is 16.5. The Morgan fingerprint density at radius 1 is 1.35 bits per heavy atom. The summed E-state index contributed by atoms with van der Waals surface area (Å²) in [5, 5.41) is 7.58. The van der Waals surface area contributed by atoms with Crippen LogP contribution in [0, 0.1) is 0 Å². The molecule has 3 aromatic rings. The summed E-state index contributed by atoms with van der Waals surface area (Å²) in [6.07, 6.45) is 7.00. The van der Waals surface area contributed by atoms with Crippen LogP contribution in [0.2, 0.25) is 0 Å². The smallest absolute Gasteiger partial charge is 0.396 e. The van der Waals surface area contributed by atoms with E-state index in [1.54, 1.807) is 6.92 Å². The maximum absolute atomic E-state index is 11.5. The fourth-order valence-electron chi connectivity index (χ4n) is 2.56. The number of hydrogen-bond donors (Lipinski definition) is 0. The van der Waals surface area contributed by atoms with E-state index in [0.29, 0.717) is 18.2 Å². The van der Waals surface area contributed by atoms with Gasteiger partial charge in [-0.05, 0) is 37.3 Å². The van der Waals surface area contributed by atoms with Crippen molar-refractivity contribution in [2.24, 2.45) is 0 Å². The second kappa shape index (κ2) is 5.49. The van der Waals surface area contributed by atoms with Crippen molar-refractivity contribution in [3.8, 4) is 0 Å². The van der Waals surface area contributed by atoms with Gasteiger partial charge in [0.2, 0.25) is 5.89 Å². The Kier molecular flexibility index (Phi) is 3.33. The van der Waals surface area contributed by atoms with Crippen LogP contribution in [-0.2, 0) is 11.2 Å². The van der Waals surface area contributed by atoms with Crippen molar-refractivity contribution < 1.29 is 13.9 Å². The fraction of sp³-hybridized carbons (Fsp3) is 0.375. The summed E-state index contributed by atoms with van der Waals surface area (Å²) in [4.78, 5) is 16.1. The van der Waals surface area contributed by atoms with Crippen molar-refractivity contribution in [1.82, 2.24) is 19.6 Å². The van der Waals surface area contributed by atoms with E-state index in [0.717, 1.165) is 11.3 Å². The highest BCUT2D eigenvalue weighted by Crippen LogP contribution is 2.39. The van der Waals surface area contributed by atoms with E-state index in [-0.39, 0.29) is 12.5 Å². The normalized spacial score (nSPS) is 14.3. The van der Waals surface area contributed by atoms with Gasteiger partial charge in [-0.3, -0.25) is 0 Å². The molecule has 0 spiro atoms. The van der Waals surface area contributed by atoms with Crippen LogP contribution < -0.4 is 0 Å². The number of ether oxygens (including phenoxy) is 1. The first-order chi connectivity index (χ1) is 11.2. The Morgan fingerprint density at radius 3 is 3.00 bits per heavy atom. The van der Waals surface area contributed by atoms with Crippen LogP contribution in [0.3, 0.4) is 0 Å². The monoisotopic (exact) mass is 312 g/mol. The van der Waals surface area contributed by atoms with Gasteiger partial charge in [0.1, 0.15) is 5.65 Å². The largest absolute Gasteiger partial charge is 0.459 e. The van der Waals surface area contributed by atoms with E-state index in [1.807, 2.05) is 16.7 Å². The predicted molar refractivity (Wildman–Crippen MR) is 80.2 cm³/mol. The number of nitrogens with zero attached hydrogens (tertiary/aromatic N) is 4. The van der Waals surface area contributed by atoms with Crippen LogP contribution in [0.4, 0.5) is 0 Å². The van der Waals surface area contributed by atoms with Crippen molar-refractivity contribution in [3.63, 3.8) is 0 Å². The standard InChI is InChI=1S/C16H16N4O3/c1-2-22-16(21)15-19-18-14(23-15)7-12-9-20-8-11(10-3-4-10)5-6-13(20)17-12/h5-6,8-10H,2-4,7H2,1H3. The maximum atomic E-state index is 11.5. The minimum absolute atomic E-state index is 0.123. The third-order valence-corrected chi connectivity index (χ3v) is 3.82. The fourth-order valence-corrected chi connectivity index (χ4v) is 2.56. The molecule has 4 rings (SSSR count). The molecular formula is C16H16N4O3. The number of carbonyl (C=O) groups excluding carboxylic acids is 1. The Balaban J connectivity index is 1.54. The van der Waals surface area contributed by atoms with E-state index >= 15 is 0 Å². The van der Waals surface area contributed by atoms with Crippen molar-refractivity contribution >= 4 is 11.6 Å². The molecule has 0 unspecified atom stereocenters. The molecule has 0 N–H and O–H groups in total. The Bertz CT molecular complexity index is 863. The highest BCUT2D eigenvalue weighted by molar-refractivity contribution is 5.83. The first-order valence-electron chi connectivity index (χ1n) is 7.70. The molecule has 118 valence electrons. The quantitative estimate of drug-likeness (QED) is 0.673. The second-order valence-corrected chi connectivity index (χ2v) is 5.63. The molecule has 0 bridgehead atoms. The number of carbonyl (C=O) groups is 1. The van der Waals surface area contributed by atoms with Gasteiger partial charge in [0.05, 0.1) is 18.7 Å². The van der Waals surface area contributed by atoms with Gasteiger partial charge in [0.25, 0.3) is 0 Å². The first kappa shape index (κ1) is 13.9. The van der Waals surface area contributed by atoms with Crippen molar-refractivity contribution in [1.29, 1.82) is 0 Å². The number of imidazole rings is 1. The summed E-state index contributed by atoms with van der Waals surface area (Å²) in [5.41, 5.74) is 3.05. The van der Waals surface area contributed by atoms with Gasteiger partial charge in [0, 0.05) is 12.4 Å². The average molecular weight is 312 g/mol. The van der Waals surface area contributed by atoms with Gasteiger partial charge >= 0.3 is 11.9 Å². The molecule has 7 heteroatoms. The number of pyridine rings is 1. The zero-order chi connectivity index (χ0) is 15.8. The van der Waals surface area contributed by atoms with E-state index in [1.165, 1.54) is 18.4 Å². The van der Waals surface area contributed by atoms with Gasteiger partial charge in [0.15, 0.2) is 0 Å². The number of fused-ring (bicyclic) bond motifs is 1. The third kappa shape index (κ3) is 2.81. The number of rotatable bonds is 5. The molecule has 23 heavy (non-hydrogen) atoms. The lowest BCUT2D eigenvalue weighted by Crippen LogP contribution is -2.04. The van der Waals surface area contributed by atoms with Gasteiger partial charge in [-0.15, -0.1) is 10.2 Å². The van der Waals surface area contributed by atoms with Crippen LogP contribution in [0.25, 0.3) is 5.65 Å². The van der Waals surface area contributed by atoms with Crippen LogP contribution in [0.15, 0.2) is 28.9 Å². The molecule has 0 aliphatic heterocycles. The second-order valence-electron chi connectivity index (χ2n) is 5.63. The first-order valence-corrected chi connectivity index (χ1v) is 7.70. The molecule has 0 saturated heterocycles. The molecule has 7 nitrogen and oxygen atoms in total. The summed E-state index contributed by atoms with van der Waals surface area (Å²) < 4.78 is 12.2. The van der Waals surface area contributed by atoms with Crippen LogP contribution in [0.5, 0.6) is 0 Å². The van der Waals surface area contributed by atoms with Crippen LogP contribution in [-0.4, -0.2) is 32.2 Å². The molecule has 0 atom stereocenters. The lowest BCUT2D eigenvalue weighted by molar-refractivity contribution is 0.0479. The summed E-state index contributed by atoms with van der Waals surface area (Å²) in [6.45, 7) is 1.99. The topological polar surface area (TPSA) is 82.5 Å². The minimum Gasteiger partial charge on any atom is -0.459 e. The average Bonchev–Trinajstić information content (AvgIpc) is 3.15. The summed E-state index contributed by atoms with van der Waals surface area (Å²) in [6, 6.07) is 4.16. The van der Waals surface area contributed by atoms with Crippen LogP contribution in [0.1, 0.15) is 53.5 Å². The molecule has 3 heterocycles. The zero-order valence-corrected chi connectivity index (χ0v) is 12.7. The molecular weight excluding hydrogens is 296 g/mol. The van der Waals surface area contributed by atoms with Gasteiger partial charge in [-0.1, -0.05) is 6.07 Å². The molecule has 1 aliphatic rings. The van der Waals surface area contributed by atoms with E-state index in [9.17, 15) is 4.79 Å². The highest BCUT2D eigenvalue weighted by Gasteiger charge is 2.24. The molecule has 0 amide bonds. The zero-order valence-electron chi connectivity index (χ0n) is 12.7. The third-order valence-electron chi connectivity index (χ3n) is 3.82. The van der Waals surface area contributed by atoms with E-state index in [2.05, 4.69) is 27.4 Å². The minimum atomic E-state index is -0.602. The van der Waals surface area contributed by atoms with Gasteiger partial charge in [-0.2, -0.15) is 0 Å². The van der Waals surface area contributed by atoms with E-state index in [4.69, 9.17) is 9.15 Å². The number of hydrogen-bond acceptors (Lipinski definition) is 6. The molecule has 1 fully saturated rings. The van der Waals surface area contributed by atoms with Gasteiger partial charge in [-0.25, -0.2) is 9.78 Å². The summed E-state index contributed by atoms with van der Waals surface area (Å²) >= 11 is 0. The molecule has 1 aliphatic carbocycles. The lowest BCUT2D eigenvalue weighted by atomic mass is 10.2. The predicted octanol–water partition coefficient (Wildman–Crippen LogP) is 2.36. The van der Waals surface area contributed by atoms with Gasteiger partial charge < -0.3 is 13.6 Å². The molecule has 1 saturated carbocycles. The maximum Gasteiger partial charge on any atom is 0.396 e.